The lowest BCUT2D eigenvalue weighted by Gasteiger charge is -2.29. The summed E-state index contributed by atoms with van der Waals surface area (Å²) < 4.78 is 0. The van der Waals surface area contributed by atoms with Crippen LogP contribution in [0, 0.1) is 170 Å². The van der Waals surface area contributed by atoms with Gasteiger partial charge in [0.15, 0.2) is 11.6 Å². The Morgan fingerprint density at radius 1 is 0.708 bits per heavy atom. The molecule has 1 aliphatic heterocycles. The maximum atomic E-state index is 13.5. The SMILES string of the molecule is CC#CC#CC#CC#CC#CC#CC#CC#CC#CC#CC#CC#CC#CC.CN1CCC(CNc2ncc(-c3ccccc3)nc2C(=O)CCc2ccc3c(N)nccc3c2)CC1.N=N/N=N/N=N/N=O.[HH].[HH].[HH].[HH].[HH].[HH].[HH].[HH].[HH].[HH].[HH].[HH]. The van der Waals surface area contributed by atoms with E-state index in [1.807, 2.05) is 53.8 Å². The van der Waals surface area contributed by atoms with Crippen LogP contribution in [0.1, 0.15) is 66.3 Å². The van der Waals surface area contributed by atoms with E-state index in [0.29, 0.717) is 41.8 Å². The van der Waals surface area contributed by atoms with Gasteiger partial charge in [-0.2, -0.15) is 5.53 Å². The number of carbonyl (C=O) groups excluding carboxylic acids is 1. The second kappa shape index (κ2) is 36.0. The van der Waals surface area contributed by atoms with Crippen LogP contribution >= 0.6 is 0 Å². The average Bonchev–Trinajstić information content (AvgIpc) is 3.41. The number of nitrogens with zero attached hydrogens (tertiary/aromatic N) is 10. The number of anilines is 2. The van der Waals surface area contributed by atoms with Crippen LogP contribution in [0.15, 0.2) is 98.4 Å². The van der Waals surface area contributed by atoms with Gasteiger partial charge in [0.1, 0.15) is 16.8 Å². The number of pyridine rings is 1. The maximum Gasteiger partial charge on any atom is 0.185 e. The van der Waals surface area contributed by atoms with Gasteiger partial charge in [0.25, 0.3) is 0 Å². The van der Waals surface area contributed by atoms with Crippen LogP contribution in [-0.2, 0) is 6.42 Å². The standard InChI is InChI=1S/C29H32N6O.C28H6.HN7O.12H2/c1-35-15-12-21(13-16-35)18-32-29-27(34-25(19-33-29)22-5-3-2-4-6-22)26(36)10-8-20-7-9-24-23(17-20)11-14-31-28(24)30;1-3-5-7-9-11-13-15-17-19-21-23-25-27-28-26-24-22-20-18-16-14-12-10-8-6-4-2;1-2-3-4-5-6-7-8;;;;;;;;;;;;/h2-7,9,11,14,17,19,21H,8,10,12-13,15-16,18H2,1H3,(H2,30,31)(H,32,33);1-2H3;1H;12*1H/b;;2-1?,4-3+,6-5+;;;;;;;;;;;;. The van der Waals surface area contributed by atoms with Gasteiger partial charge in [0.2, 0.25) is 0 Å². The monoisotopic (exact) mass is 962 g/mol. The van der Waals surface area contributed by atoms with Crippen molar-refractivity contribution in [2.75, 3.05) is 37.7 Å². The summed E-state index contributed by atoms with van der Waals surface area (Å²) >= 11 is 0. The number of rotatable bonds is 11. The molecule has 4 N–H and O–H groups in total. The van der Waals surface area contributed by atoms with Crippen molar-refractivity contribution in [3.05, 3.63) is 83.2 Å². The number of piperidine rings is 1. The minimum atomic E-state index is -0.0134. The van der Waals surface area contributed by atoms with Crippen LogP contribution in [0.3, 0.4) is 0 Å². The highest BCUT2D eigenvalue weighted by Crippen LogP contribution is 2.24. The van der Waals surface area contributed by atoms with Gasteiger partial charge in [-0.1, -0.05) is 60.4 Å². The minimum Gasteiger partial charge on any atom is -0.383 e. The zero-order valence-corrected chi connectivity index (χ0v) is 39.2. The smallest absolute Gasteiger partial charge is 0.185 e. The molecule has 5 rings (SSSR count). The molecule has 0 amide bonds. The van der Waals surface area contributed by atoms with Gasteiger partial charge in [-0.25, -0.2) is 15.0 Å². The number of nitroso groups, excluding NO2 is 1. The first-order chi connectivity index (χ1) is 35.4. The van der Waals surface area contributed by atoms with Crippen LogP contribution in [0.4, 0.5) is 11.6 Å². The number of nitrogen functional groups attached to an aromatic ring is 1. The van der Waals surface area contributed by atoms with Crippen LogP contribution in [0.2, 0.25) is 0 Å². The van der Waals surface area contributed by atoms with E-state index in [-0.39, 0.29) is 22.9 Å². The first-order valence-corrected chi connectivity index (χ1v) is 21.2. The lowest BCUT2D eigenvalue weighted by atomic mass is 9.97. The number of carbonyl (C=O) groups is 1. The molecule has 0 aliphatic carbocycles. The summed E-state index contributed by atoms with van der Waals surface area (Å²) in [6.07, 6.45) is 6.71. The Morgan fingerprint density at radius 3 is 1.72 bits per heavy atom. The lowest BCUT2D eigenvalue weighted by Crippen LogP contribution is -2.33. The van der Waals surface area contributed by atoms with Crippen molar-refractivity contribution in [3.63, 3.8) is 0 Å². The molecule has 4 aromatic rings. The van der Waals surface area contributed by atoms with Gasteiger partial charge in [-0.05, 0) is 187 Å². The van der Waals surface area contributed by atoms with E-state index in [1.54, 1.807) is 26.2 Å². The summed E-state index contributed by atoms with van der Waals surface area (Å²) in [4.78, 5) is 38.5. The zero-order valence-electron chi connectivity index (χ0n) is 39.2. The quantitative estimate of drug-likeness (QED) is 0.0432. The number of Topliss-reactive ketones (excluding diaryl/α,β-unsaturated/α-hetero) is 1. The molecule has 15 heteroatoms. The van der Waals surface area contributed by atoms with Gasteiger partial charge >= 0.3 is 0 Å². The Kier molecular flexibility index (Phi) is 27.6. The molecule has 0 unspecified atom stereocenters. The summed E-state index contributed by atoms with van der Waals surface area (Å²) in [5, 5.41) is 20.3. The maximum absolute atomic E-state index is 13.5. The fourth-order valence-corrected chi connectivity index (χ4v) is 5.64. The molecule has 0 radical (unpaired) electrons. The molecule has 1 fully saturated rings. The van der Waals surface area contributed by atoms with E-state index in [0.717, 1.165) is 54.4 Å². The molecular formula is C57H63N13O2. The molecule has 0 spiro atoms. The topological polar surface area (TPSA) is 212 Å². The highest BCUT2D eigenvalue weighted by atomic mass is 16.3. The van der Waals surface area contributed by atoms with Gasteiger partial charge in [0.05, 0.1) is 11.9 Å². The van der Waals surface area contributed by atoms with E-state index in [1.165, 1.54) is 0 Å². The summed E-state index contributed by atoms with van der Waals surface area (Å²) in [6, 6.07) is 17.9. The number of ketones is 1. The Balaban J connectivity index is -0.000000130. The molecule has 2 aromatic carbocycles. The lowest BCUT2D eigenvalue weighted by molar-refractivity contribution is 0.0978. The number of likely N-dealkylation sites (tertiary alicyclic amines) is 1. The van der Waals surface area contributed by atoms with Crippen molar-refractivity contribution in [2.24, 2.45) is 37.3 Å². The van der Waals surface area contributed by atoms with E-state index in [9.17, 15) is 4.79 Å². The molecule has 368 valence electrons. The van der Waals surface area contributed by atoms with Gasteiger partial charge < -0.3 is 16.0 Å². The van der Waals surface area contributed by atoms with Crippen LogP contribution in [-0.4, -0.2) is 52.3 Å². The van der Waals surface area contributed by atoms with E-state index in [4.69, 9.17) is 21.2 Å². The summed E-state index contributed by atoms with van der Waals surface area (Å²) in [6.45, 7) is 6.39. The second-order valence-corrected chi connectivity index (χ2v) is 13.7. The van der Waals surface area contributed by atoms with Crippen LogP contribution in [0.5, 0.6) is 0 Å². The molecule has 1 aliphatic rings. The number of aryl methyl sites for hydroxylation is 1. The predicted octanol–water partition coefficient (Wildman–Crippen LogP) is 10.3. The van der Waals surface area contributed by atoms with Crippen molar-refractivity contribution in [2.45, 2.75) is 39.5 Å². The number of fused-ring (bicyclic) bond motifs is 1. The van der Waals surface area contributed by atoms with Crippen molar-refractivity contribution in [1.82, 2.24) is 19.9 Å². The molecule has 2 aromatic heterocycles. The van der Waals surface area contributed by atoms with Crippen molar-refractivity contribution in [1.29, 1.82) is 5.53 Å². The molecule has 72 heavy (non-hydrogen) atoms. The van der Waals surface area contributed by atoms with E-state index < -0.39 is 0 Å². The predicted molar refractivity (Wildman–Crippen MR) is 303 cm³/mol. The summed E-state index contributed by atoms with van der Waals surface area (Å²) in [5.41, 5.74) is 15.1. The molecule has 0 bridgehead atoms. The number of hydrogen-bond donors (Lipinski definition) is 3. The fraction of sp³-hybridized carbons (Fsp3) is 0.193. The largest absolute Gasteiger partial charge is 0.383 e. The van der Waals surface area contributed by atoms with Gasteiger partial charge in [-0.15, -0.1) is 4.91 Å². The first-order valence-electron chi connectivity index (χ1n) is 21.2. The molecular weight excluding hydrogens is 899 g/mol. The average molecular weight is 962 g/mol. The number of nitrogens with two attached hydrogens (primary N) is 1. The Bertz CT molecular complexity index is 3450. The van der Waals surface area contributed by atoms with Crippen molar-refractivity contribution in [3.8, 4) is 165 Å². The highest BCUT2D eigenvalue weighted by Gasteiger charge is 2.20. The third-order valence-electron chi connectivity index (χ3n) is 8.89. The Labute approximate surface area is 437 Å². The Hall–Kier alpha value is -11.2. The molecule has 0 atom stereocenters. The van der Waals surface area contributed by atoms with Crippen LogP contribution in [0.25, 0.3) is 22.0 Å². The third kappa shape index (κ3) is 23.9. The number of benzene rings is 2. The Morgan fingerprint density at radius 2 is 1.22 bits per heavy atom. The first kappa shape index (κ1) is 55.2. The highest BCUT2D eigenvalue weighted by molar-refractivity contribution is 5.99. The second-order valence-electron chi connectivity index (χ2n) is 13.7. The van der Waals surface area contributed by atoms with Gasteiger partial charge in [0, 0.05) is 105 Å². The fourth-order valence-electron chi connectivity index (χ4n) is 5.64. The zero-order chi connectivity index (χ0) is 51.5. The minimum absolute atomic E-state index is 0. The number of hydrogen-bond acceptors (Lipinski definition) is 9. The summed E-state index contributed by atoms with van der Waals surface area (Å²) in [5.74, 6) is 67.3. The number of aromatic nitrogens is 3. The molecule has 15 nitrogen and oxygen atoms in total. The third-order valence-corrected chi connectivity index (χ3v) is 8.89. The number of nitrogens with one attached hydrogen (secondary N) is 2. The van der Waals surface area contributed by atoms with E-state index >= 15 is 0 Å². The normalized spacial score (nSPS) is 10.0. The van der Waals surface area contributed by atoms with Crippen molar-refractivity contribution >= 4 is 28.2 Å². The van der Waals surface area contributed by atoms with E-state index in [2.05, 4.69) is 213 Å². The van der Waals surface area contributed by atoms with Crippen LogP contribution < -0.4 is 11.1 Å². The molecule has 1 saturated heterocycles. The van der Waals surface area contributed by atoms with Gasteiger partial charge in [-0.3, -0.25) is 4.79 Å². The molecule has 0 saturated carbocycles. The molecule has 3 heterocycles. The summed E-state index contributed by atoms with van der Waals surface area (Å²) in [7, 11) is 2.16. The van der Waals surface area contributed by atoms with Crippen molar-refractivity contribution < 1.29 is 21.9 Å².